The lowest BCUT2D eigenvalue weighted by Gasteiger charge is -2.21. The van der Waals surface area contributed by atoms with Crippen molar-refractivity contribution in [3.05, 3.63) is 76.7 Å². The highest BCUT2D eigenvalue weighted by Crippen LogP contribution is 2.33. The van der Waals surface area contributed by atoms with Gasteiger partial charge in [-0.25, -0.2) is 0 Å². The van der Waals surface area contributed by atoms with Crippen LogP contribution in [-0.2, 0) is 0 Å². The van der Waals surface area contributed by atoms with E-state index in [1.54, 1.807) is 18.3 Å². The van der Waals surface area contributed by atoms with Crippen LogP contribution in [0.5, 0.6) is 0 Å². The van der Waals surface area contributed by atoms with Crippen molar-refractivity contribution in [3.8, 4) is 0 Å². The van der Waals surface area contributed by atoms with Gasteiger partial charge < -0.3 is 0 Å². The lowest BCUT2D eigenvalue weighted by atomic mass is 10.1. The largest absolute Gasteiger partial charge is 0.284 e. The molecule has 0 atom stereocenters. The van der Waals surface area contributed by atoms with Gasteiger partial charge in [0.25, 0.3) is 5.91 Å². The summed E-state index contributed by atoms with van der Waals surface area (Å²) in [6.07, 6.45) is 1.75. The number of benzene rings is 2. The maximum absolute atomic E-state index is 12.4. The third-order valence-corrected chi connectivity index (χ3v) is 4.10. The van der Waals surface area contributed by atoms with Crippen molar-refractivity contribution >= 4 is 29.6 Å². The van der Waals surface area contributed by atoms with Gasteiger partial charge in [0.05, 0.1) is 6.21 Å². The minimum absolute atomic E-state index is 0.108. The van der Waals surface area contributed by atoms with Gasteiger partial charge >= 0.3 is 0 Å². The summed E-state index contributed by atoms with van der Waals surface area (Å²) in [5, 5.41) is 4.28. The van der Waals surface area contributed by atoms with Gasteiger partial charge in [-0.3, -0.25) is 4.79 Å². The van der Waals surface area contributed by atoms with Crippen LogP contribution in [0.3, 0.4) is 0 Å². The summed E-state index contributed by atoms with van der Waals surface area (Å²) in [5.41, 5.74) is 2.80. The maximum atomic E-state index is 12.4. The SMILES string of the molecule is CC1=C(c2ccccc2)C=NN(C(=O)c2ccccc2)S1. The highest BCUT2D eigenvalue weighted by molar-refractivity contribution is 8.01. The average molecular weight is 294 g/mol. The first-order valence-corrected chi connectivity index (χ1v) is 7.41. The van der Waals surface area contributed by atoms with Crippen LogP contribution < -0.4 is 0 Å². The molecule has 0 aromatic heterocycles. The van der Waals surface area contributed by atoms with Crippen LogP contribution in [0.1, 0.15) is 22.8 Å². The molecule has 4 heteroatoms. The normalized spacial score (nSPS) is 14.4. The number of hydrazone groups is 1. The van der Waals surface area contributed by atoms with Gasteiger partial charge in [0.2, 0.25) is 0 Å². The lowest BCUT2D eigenvalue weighted by molar-refractivity contribution is 0.0875. The molecule has 1 aliphatic rings. The zero-order valence-electron chi connectivity index (χ0n) is 11.6. The van der Waals surface area contributed by atoms with Gasteiger partial charge in [-0.15, -0.1) is 0 Å². The Kier molecular flexibility index (Phi) is 3.88. The molecule has 104 valence electrons. The number of allylic oxidation sites excluding steroid dienone is 2. The minimum Gasteiger partial charge on any atom is -0.266 e. The number of rotatable bonds is 2. The van der Waals surface area contributed by atoms with Gasteiger partial charge in [0.15, 0.2) is 0 Å². The molecule has 0 saturated heterocycles. The van der Waals surface area contributed by atoms with E-state index in [9.17, 15) is 4.79 Å². The van der Waals surface area contributed by atoms with Crippen molar-refractivity contribution in [2.75, 3.05) is 0 Å². The lowest BCUT2D eigenvalue weighted by Crippen LogP contribution is -2.21. The van der Waals surface area contributed by atoms with E-state index in [2.05, 4.69) is 5.10 Å². The Morgan fingerprint density at radius 3 is 2.24 bits per heavy atom. The molecule has 2 aromatic rings. The van der Waals surface area contributed by atoms with Crippen molar-refractivity contribution in [3.63, 3.8) is 0 Å². The number of hydrogen-bond donors (Lipinski definition) is 0. The summed E-state index contributed by atoms with van der Waals surface area (Å²) >= 11 is 1.36. The second-order valence-electron chi connectivity index (χ2n) is 4.62. The topological polar surface area (TPSA) is 32.7 Å². The van der Waals surface area contributed by atoms with E-state index in [-0.39, 0.29) is 5.91 Å². The predicted octanol–water partition coefficient (Wildman–Crippen LogP) is 4.21. The first-order valence-electron chi connectivity index (χ1n) is 6.63. The third kappa shape index (κ3) is 2.90. The zero-order chi connectivity index (χ0) is 14.7. The molecule has 1 aliphatic heterocycles. The summed E-state index contributed by atoms with van der Waals surface area (Å²) in [4.78, 5) is 13.4. The molecule has 0 radical (unpaired) electrons. The van der Waals surface area contributed by atoms with E-state index < -0.39 is 0 Å². The van der Waals surface area contributed by atoms with Crippen LogP contribution >= 0.6 is 11.9 Å². The second-order valence-corrected chi connectivity index (χ2v) is 5.76. The van der Waals surface area contributed by atoms with Crippen LogP contribution in [-0.4, -0.2) is 16.5 Å². The Balaban J connectivity index is 1.82. The zero-order valence-corrected chi connectivity index (χ0v) is 12.4. The van der Waals surface area contributed by atoms with Gasteiger partial charge in [0, 0.05) is 28.0 Å². The highest BCUT2D eigenvalue weighted by Gasteiger charge is 2.21. The molecule has 0 unspecified atom stereocenters. The van der Waals surface area contributed by atoms with Gasteiger partial charge in [0.1, 0.15) is 0 Å². The fourth-order valence-electron chi connectivity index (χ4n) is 2.08. The number of hydrogen-bond acceptors (Lipinski definition) is 3. The van der Waals surface area contributed by atoms with Gasteiger partial charge in [-0.05, 0) is 24.6 Å². The van der Waals surface area contributed by atoms with Crippen molar-refractivity contribution in [1.82, 2.24) is 4.41 Å². The summed E-state index contributed by atoms with van der Waals surface area (Å²) in [7, 11) is 0. The molecule has 3 nitrogen and oxygen atoms in total. The summed E-state index contributed by atoms with van der Waals surface area (Å²) in [6.45, 7) is 2.00. The quantitative estimate of drug-likeness (QED) is 0.777. The molecule has 0 aliphatic carbocycles. The Labute approximate surface area is 128 Å². The Morgan fingerprint density at radius 1 is 1.00 bits per heavy atom. The molecular weight excluding hydrogens is 280 g/mol. The second kappa shape index (κ2) is 5.97. The predicted molar refractivity (Wildman–Crippen MR) is 87.7 cm³/mol. The van der Waals surface area contributed by atoms with Crippen molar-refractivity contribution in [2.24, 2.45) is 5.10 Å². The first kappa shape index (κ1) is 13.6. The molecule has 1 amide bonds. The standard InChI is InChI=1S/C17H14N2OS/c1-13-16(14-8-4-2-5-9-14)12-18-19(21-13)17(20)15-10-6-3-7-11-15/h2-12H,1H3. The van der Waals surface area contributed by atoms with E-state index in [4.69, 9.17) is 0 Å². The molecule has 2 aromatic carbocycles. The Bertz CT molecular complexity index is 708. The first-order chi connectivity index (χ1) is 10.3. The van der Waals surface area contributed by atoms with Crippen LogP contribution in [0.15, 0.2) is 70.7 Å². The molecule has 0 bridgehead atoms. The number of amides is 1. The number of carbonyl (C=O) groups excluding carboxylic acids is 1. The van der Waals surface area contributed by atoms with E-state index >= 15 is 0 Å². The fourth-order valence-corrected chi connectivity index (χ4v) is 2.90. The molecule has 0 saturated carbocycles. The summed E-state index contributed by atoms with van der Waals surface area (Å²) in [5.74, 6) is -0.108. The van der Waals surface area contributed by atoms with Crippen molar-refractivity contribution < 1.29 is 4.79 Å². The van der Waals surface area contributed by atoms with E-state index in [1.807, 2.05) is 55.5 Å². The molecule has 0 fully saturated rings. The number of nitrogens with zero attached hydrogens (tertiary/aromatic N) is 2. The van der Waals surface area contributed by atoms with E-state index in [0.29, 0.717) is 5.56 Å². The minimum atomic E-state index is -0.108. The molecule has 0 spiro atoms. The van der Waals surface area contributed by atoms with Gasteiger partial charge in [-0.2, -0.15) is 9.52 Å². The maximum Gasteiger partial charge on any atom is 0.284 e. The van der Waals surface area contributed by atoms with E-state index in [1.165, 1.54) is 16.4 Å². The molecule has 0 N–H and O–H groups in total. The molecule has 1 heterocycles. The highest BCUT2D eigenvalue weighted by atomic mass is 32.2. The van der Waals surface area contributed by atoms with Crippen LogP contribution in [0, 0.1) is 0 Å². The van der Waals surface area contributed by atoms with Crippen LogP contribution in [0.4, 0.5) is 0 Å². The summed E-state index contributed by atoms with van der Waals surface area (Å²) in [6, 6.07) is 19.2. The summed E-state index contributed by atoms with van der Waals surface area (Å²) < 4.78 is 1.43. The van der Waals surface area contributed by atoms with Crippen molar-refractivity contribution in [1.29, 1.82) is 0 Å². The Morgan fingerprint density at radius 2 is 1.62 bits per heavy atom. The average Bonchev–Trinajstić information content (AvgIpc) is 2.55. The fraction of sp³-hybridized carbons (Fsp3) is 0.0588. The third-order valence-electron chi connectivity index (χ3n) is 3.17. The molecular formula is C17H14N2OS. The van der Waals surface area contributed by atoms with Crippen LogP contribution in [0.25, 0.3) is 5.57 Å². The van der Waals surface area contributed by atoms with E-state index in [0.717, 1.165) is 16.0 Å². The monoisotopic (exact) mass is 294 g/mol. The van der Waals surface area contributed by atoms with Crippen molar-refractivity contribution in [2.45, 2.75) is 6.92 Å². The Hall–Kier alpha value is -2.33. The van der Waals surface area contributed by atoms with Crippen LogP contribution in [0.2, 0.25) is 0 Å². The molecule has 21 heavy (non-hydrogen) atoms. The van der Waals surface area contributed by atoms with Gasteiger partial charge in [-0.1, -0.05) is 48.5 Å². The number of carbonyl (C=O) groups is 1. The molecule has 3 rings (SSSR count). The smallest absolute Gasteiger partial charge is 0.266 e.